The molecule has 0 bridgehead atoms. The van der Waals surface area contributed by atoms with Gasteiger partial charge in [0.15, 0.2) is 5.17 Å². The molecule has 0 spiro atoms. The summed E-state index contributed by atoms with van der Waals surface area (Å²) in [6.45, 7) is 0. The van der Waals surface area contributed by atoms with Crippen molar-refractivity contribution in [1.82, 2.24) is 19.6 Å². The number of carbonyl (C=O) groups is 2. The number of amides is 2. The molecule has 2 aromatic heterocycles. The smallest absolute Gasteiger partial charge is 0.259 e. The number of nitrogens with zero attached hydrogens (tertiary/aromatic N) is 5. The third-order valence-electron chi connectivity index (χ3n) is 6.92. The third kappa shape index (κ3) is 4.86. The summed E-state index contributed by atoms with van der Waals surface area (Å²) in [4.78, 5) is 54.4. The number of benzene rings is 1. The first-order valence-electron chi connectivity index (χ1n) is 12.7. The molecule has 3 aromatic rings. The molecule has 2 amide bonds. The maximum Gasteiger partial charge on any atom is 0.259 e. The Bertz CT molecular complexity index is 1560. The predicted octanol–water partition coefficient (Wildman–Crippen LogP) is 4.08. The number of nitrogens with one attached hydrogen (secondary N) is 1. The van der Waals surface area contributed by atoms with Gasteiger partial charge < -0.3 is 5.32 Å². The molecular weight excluding hydrogens is 524 g/mol. The van der Waals surface area contributed by atoms with Crippen LogP contribution >= 0.6 is 23.4 Å². The van der Waals surface area contributed by atoms with E-state index in [1.807, 2.05) is 24.3 Å². The van der Waals surface area contributed by atoms with Crippen molar-refractivity contribution in [3.8, 4) is 0 Å². The summed E-state index contributed by atoms with van der Waals surface area (Å²) in [6, 6.07) is 11.7. The van der Waals surface area contributed by atoms with Crippen molar-refractivity contribution in [3.05, 3.63) is 75.3 Å². The molecule has 194 valence electrons. The van der Waals surface area contributed by atoms with Crippen molar-refractivity contribution in [3.63, 3.8) is 0 Å². The van der Waals surface area contributed by atoms with Crippen LogP contribution in [0.5, 0.6) is 0 Å². The first kappa shape index (κ1) is 24.8. The van der Waals surface area contributed by atoms with Gasteiger partial charge in [0.1, 0.15) is 17.5 Å². The van der Waals surface area contributed by atoms with Gasteiger partial charge in [-0.15, -0.1) is 0 Å². The lowest BCUT2D eigenvalue weighted by Gasteiger charge is -2.25. The molecule has 4 heterocycles. The van der Waals surface area contributed by atoms with Crippen LogP contribution in [0.3, 0.4) is 0 Å². The molecule has 0 radical (unpaired) electrons. The summed E-state index contributed by atoms with van der Waals surface area (Å²) in [5.74, 6) is 0.388. The molecule has 1 saturated carbocycles. The van der Waals surface area contributed by atoms with Gasteiger partial charge in [-0.3, -0.25) is 23.8 Å². The van der Waals surface area contributed by atoms with Gasteiger partial charge in [-0.2, -0.15) is 0 Å². The van der Waals surface area contributed by atoms with Crippen LogP contribution in [0.25, 0.3) is 5.65 Å². The minimum Gasteiger partial charge on any atom is -0.353 e. The van der Waals surface area contributed by atoms with E-state index in [-0.39, 0.29) is 29.8 Å². The molecule has 1 fully saturated rings. The Hall–Kier alpha value is -3.50. The molecule has 0 saturated heterocycles. The summed E-state index contributed by atoms with van der Waals surface area (Å²) in [6.07, 6.45) is 6.92. The molecule has 9 nitrogen and oxygen atoms in total. The van der Waals surface area contributed by atoms with E-state index in [0.29, 0.717) is 38.8 Å². The number of para-hydroxylation sites is 1. The molecule has 38 heavy (non-hydrogen) atoms. The molecule has 11 heteroatoms. The Kier molecular flexibility index (Phi) is 6.75. The molecule has 1 aliphatic carbocycles. The lowest BCUT2D eigenvalue weighted by molar-refractivity contribution is -0.129. The van der Waals surface area contributed by atoms with Gasteiger partial charge in [0, 0.05) is 29.6 Å². The zero-order valence-corrected chi connectivity index (χ0v) is 22.0. The molecule has 1 N–H and O–H groups in total. The van der Waals surface area contributed by atoms with E-state index in [2.05, 4.69) is 10.3 Å². The largest absolute Gasteiger partial charge is 0.353 e. The quantitative estimate of drug-likeness (QED) is 0.517. The second-order valence-corrected chi connectivity index (χ2v) is 11.0. The van der Waals surface area contributed by atoms with E-state index in [1.54, 1.807) is 12.1 Å². The maximum absolute atomic E-state index is 13.5. The van der Waals surface area contributed by atoms with Crippen LogP contribution in [-0.4, -0.2) is 49.2 Å². The van der Waals surface area contributed by atoms with Crippen molar-refractivity contribution in [2.75, 3.05) is 0 Å². The number of amidine groups is 2. The number of aromatic nitrogens is 2. The van der Waals surface area contributed by atoms with Crippen LogP contribution in [0.2, 0.25) is 5.02 Å². The van der Waals surface area contributed by atoms with Crippen LogP contribution in [0.4, 0.5) is 5.69 Å². The number of hydrogen-bond donors (Lipinski definition) is 1. The highest BCUT2D eigenvalue weighted by molar-refractivity contribution is 8.13. The number of thioether (sulfide) groups is 1. The second kappa shape index (κ2) is 10.3. The molecule has 1 atom stereocenters. The van der Waals surface area contributed by atoms with Crippen molar-refractivity contribution >= 4 is 57.5 Å². The summed E-state index contributed by atoms with van der Waals surface area (Å²) in [7, 11) is 0. The SMILES string of the molecule is O=C(C[C@H]1N=C2c3ccccc3N=C(SCc3cc(=O)n4cc(Cl)ccc4n3)N2C1=O)NC1CCCCC1. The lowest BCUT2D eigenvalue weighted by Crippen LogP contribution is -2.43. The average molecular weight is 549 g/mol. The first-order chi connectivity index (χ1) is 18.5. The molecule has 6 rings (SSSR count). The Labute approximate surface area is 228 Å². The zero-order valence-electron chi connectivity index (χ0n) is 20.5. The summed E-state index contributed by atoms with van der Waals surface area (Å²) in [5.41, 5.74) is 2.24. The molecule has 1 aromatic carbocycles. The number of hydrogen-bond acceptors (Lipinski definition) is 7. The minimum absolute atomic E-state index is 0.000994. The average Bonchev–Trinajstić information content (AvgIpc) is 3.24. The maximum atomic E-state index is 13.5. The topological polar surface area (TPSA) is 108 Å². The zero-order chi connectivity index (χ0) is 26.2. The van der Waals surface area contributed by atoms with Crippen LogP contribution in [0.15, 0.2) is 63.4 Å². The number of halogens is 1. The van der Waals surface area contributed by atoms with Gasteiger partial charge >= 0.3 is 0 Å². The highest BCUT2D eigenvalue weighted by atomic mass is 35.5. The number of rotatable bonds is 5. The van der Waals surface area contributed by atoms with Gasteiger partial charge in [-0.05, 0) is 37.1 Å². The molecule has 2 aliphatic heterocycles. The Morgan fingerprint density at radius 3 is 2.76 bits per heavy atom. The summed E-state index contributed by atoms with van der Waals surface area (Å²) < 4.78 is 1.39. The minimum atomic E-state index is -0.807. The van der Waals surface area contributed by atoms with E-state index in [4.69, 9.17) is 21.6 Å². The fraction of sp³-hybridized carbons (Fsp3) is 0.333. The highest BCUT2D eigenvalue weighted by Gasteiger charge is 2.42. The van der Waals surface area contributed by atoms with Crippen molar-refractivity contribution in [2.45, 2.75) is 56.4 Å². The van der Waals surface area contributed by atoms with Gasteiger partial charge in [0.25, 0.3) is 11.5 Å². The van der Waals surface area contributed by atoms with Crippen molar-refractivity contribution < 1.29 is 9.59 Å². The second-order valence-electron chi connectivity index (χ2n) is 9.61. The fourth-order valence-corrected chi connectivity index (χ4v) is 6.13. The standard InChI is InChI=1S/C27H25ClN6O3S/c28-16-10-11-22-29-18(12-24(36)33(22)14-16)15-38-27-32-20-9-5-4-8-19(20)25-31-21(26(37)34(25)27)13-23(35)30-17-6-2-1-3-7-17/h4-5,8-12,14,17,21H,1-3,6-7,13,15H2,(H,30,35)/t21-/m1/s1. The van der Waals surface area contributed by atoms with E-state index in [0.717, 1.165) is 31.2 Å². The monoisotopic (exact) mass is 548 g/mol. The van der Waals surface area contributed by atoms with Crippen LogP contribution in [0.1, 0.15) is 49.8 Å². The number of aliphatic imine (C=N–C) groups is 2. The number of carbonyl (C=O) groups excluding carboxylic acids is 2. The summed E-state index contributed by atoms with van der Waals surface area (Å²) >= 11 is 7.31. The highest BCUT2D eigenvalue weighted by Crippen LogP contribution is 2.34. The number of fused-ring (bicyclic) bond motifs is 4. The first-order valence-corrected chi connectivity index (χ1v) is 14.0. The van der Waals surface area contributed by atoms with Crippen LogP contribution in [0, 0.1) is 0 Å². The van der Waals surface area contributed by atoms with E-state index in [1.165, 1.54) is 39.7 Å². The van der Waals surface area contributed by atoms with Crippen molar-refractivity contribution in [2.24, 2.45) is 9.98 Å². The molecular formula is C27H25ClN6O3S. The van der Waals surface area contributed by atoms with Crippen LogP contribution in [-0.2, 0) is 15.3 Å². The van der Waals surface area contributed by atoms with E-state index in [9.17, 15) is 14.4 Å². The van der Waals surface area contributed by atoms with Crippen molar-refractivity contribution in [1.29, 1.82) is 0 Å². The lowest BCUT2D eigenvalue weighted by atomic mass is 9.95. The fourth-order valence-electron chi connectivity index (χ4n) is 5.08. The summed E-state index contributed by atoms with van der Waals surface area (Å²) in [5, 5.41) is 3.98. The van der Waals surface area contributed by atoms with Gasteiger partial charge in [-0.25, -0.2) is 14.9 Å². The normalized spacial score (nSPS) is 19.1. The van der Waals surface area contributed by atoms with E-state index >= 15 is 0 Å². The van der Waals surface area contributed by atoms with E-state index < -0.39 is 6.04 Å². The predicted molar refractivity (Wildman–Crippen MR) is 148 cm³/mol. The Balaban J connectivity index is 1.23. The molecule has 3 aliphatic rings. The van der Waals surface area contributed by atoms with Gasteiger partial charge in [-0.1, -0.05) is 54.8 Å². The number of pyridine rings is 1. The molecule has 0 unspecified atom stereocenters. The van der Waals surface area contributed by atoms with Crippen LogP contribution < -0.4 is 10.9 Å². The van der Waals surface area contributed by atoms with Gasteiger partial charge in [0.2, 0.25) is 5.91 Å². The third-order valence-corrected chi connectivity index (χ3v) is 8.12. The Morgan fingerprint density at radius 2 is 1.92 bits per heavy atom. The Morgan fingerprint density at radius 1 is 1.11 bits per heavy atom. The van der Waals surface area contributed by atoms with Gasteiger partial charge in [0.05, 0.1) is 22.8 Å².